The summed E-state index contributed by atoms with van der Waals surface area (Å²) < 4.78 is 21.0. The van der Waals surface area contributed by atoms with Crippen LogP contribution in [0.4, 0.5) is 9.59 Å². The third kappa shape index (κ3) is 6.52. The second kappa shape index (κ2) is 8.81. The Kier molecular flexibility index (Phi) is 6.73. The highest BCUT2D eigenvalue weighted by atomic mass is 35.5. The molecule has 0 aliphatic heterocycles. The van der Waals surface area contributed by atoms with Gasteiger partial charge in [0.1, 0.15) is 24.9 Å². The van der Waals surface area contributed by atoms with E-state index in [0.717, 1.165) is 0 Å². The molecule has 0 aliphatic carbocycles. The molecule has 1 aromatic carbocycles. The van der Waals surface area contributed by atoms with Gasteiger partial charge in [-0.2, -0.15) is 0 Å². The summed E-state index contributed by atoms with van der Waals surface area (Å²) in [5, 5.41) is 9.85. The van der Waals surface area contributed by atoms with Crippen LogP contribution in [-0.4, -0.2) is 49.2 Å². The van der Waals surface area contributed by atoms with Crippen LogP contribution in [0.25, 0.3) is 11.0 Å². The Bertz CT molecular complexity index is 802. The topological polar surface area (TPSA) is 112 Å². The molecule has 0 saturated carbocycles. The second-order valence-electron chi connectivity index (χ2n) is 6.63. The van der Waals surface area contributed by atoms with Gasteiger partial charge in [-0.3, -0.25) is 0 Å². The van der Waals surface area contributed by atoms with Crippen molar-refractivity contribution in [3.63, 3.8) is 0 Å². The predicted molar refractivity (Wildman–Crippen MR) is 98.1 cm³/mol. The van der Waals surface area contributed by atoms with Gasteiger partial charge in [-0.15, -0.1) is 0 Å². The molecular weight excluding hydrogens is 378 g/mol. The molecule has 1 unspecified atom stereocenters. The number of fused-ring (bicyclic) bond motifs is 1. The third-order valence-electron chi connectivity index (χ3n) is 3.16. The number of hydrogen-bond donors (Lipinski definition) is 2. The van der Waals surface area contributed by atoms with Crippen LogP contribution in [-0.2, 0) is 9.47 Å². The van der Waals surface area contributed by atoms with Crippen molar-refractivity contribution in [2.45, 2.75) is 32.4 Å². The van der Waals surface area contributed by atoms with Crippen LogP contribution < -0.4 is 15.4 Å². The first-order chi connectivity index (χ1) is 12.7. The van der Waals surface area contributed by atoms with Gasteiger partial charge in [-0.25, -0.2) is 9.59 Å². The summed E-state index contributed by atoms with van der Waals surface area (Å²) in [5.74, 6) is 0.212. The number of rotatable bonds is 6. The normalized spacial score (nSPS) is 12.3. The van der Waals surface area contributed by atoms with Gasteiger partial charge in [0.2, 0.25) is 0 Å². The van der Waals surface area contributed by atoms with Crippen LogP contribution in [0.1, 0.15) is 20.8 Å². The number of ether oxygens (including phenoxy) is 3. The quantitative estimate of drug-likeness (QED) is 0.767. The average Bonchev–Trinajstić information content (AvgIpc) is 2.97. The Morgan fingerprint density at radius 2 is 2.00 bits per heavy atom. The summed E-state index contributed by atoms with van der Waals surface area (Å²) in [4.78, 5) is 23.3. The number of aromatic nitrogens is 1. The molecule has 2 aromatic rings. The maximum absolute atomic E-state index is 12.0. The molecule has 27 heavy (non-hydrogen) atoms. The molecule has 1 atom stereocenters. The van der Waals surface area contributed by atoms with Crippen LogP contribution in [0, 0.1) is 0 Å². The van der Waals surface area contributed by atoms with Crippen molar-refractivity contribution >= 4 is 34.8 Å². The summed E-state index contributed by atoms with van der Waals surface area (Å²) in [7, 11) is 1.43. The largest absolute Gasteiger partial charge is 0.473 e. The Balaban J connectivity index is 2.04. The monoisotopic (exact) mass is 399 g/mol. The zero-order valence-corrected chi connectivity index (χ0v) is 16.3. The SMILES string of the molecule is CNC(=O)OCC(COc1noc2ccc(Cl)cc12)NC(=O)OC(C)(C)C. The van der Waals surface area contributed by atoms with E-state index in [2.05, 4.69) is 15.8 Å². The van der Waals surface area contributed by atoms with E-state index < -0.39 is 23.8 Å². The molecule has 0 radical (unpaired) electrons. The van der Waals surface area contributed by atoms with Crippen LogP contribution in [0.5, 0.6) is 5.88 Å². The Hall–Kier alpha value is -2.68. The Labute approximate surface area is 161 Å². The number of alkyl carbamates (subject to hydrolysis) is 2. The van der Waals surface area contributed by atoms with Gasteiger partial charge in [0.25, 0.3) is 5.88 Å². The van der Waals surface area contributed by atoms with Crippen molar-refractivity contribution in [1.82, 2.24) is 15.8 Å². The molecule has 1 aromatic heterocycles. The molecule has 1 heterocycles. The Morgan fingerprint density at radius 1 is 1.26 bits per heavy atom. The number of benzene rings is 1. The first kappa shape index (κ1) is 20.6. The molecule has 148 valence electrons. The lowest BCUT2D eigenvalue weighted by Crippen LogP contribution is -2.45. The third-order valence-corrected chi connectivity index (χ3v) is 3.40. The van der Waals surface area contributed by atoms with E-state index in [-0.39, 0.29) is 19.1 Å². The fourth-order valence-electron chi connectivity index (χ4n) is 2.03. The molecule has 10 heteroatoms. The van der Waals surface area contributed by atoms with Crippen molar-refractivity contribution in [3.8, 4) is 5.88 Å². The highest BCUT2D eigenvalue weighted by Crippen LogP contribution is 2.27. The van der Waals surface area contributed by atoms with Gasteiger partial charge in [-0.1, -0.05) is 11.6 Å². The molecule has 9 nitrogen and oxygen atoms in total. The Morgan fingerprint density at radius 3 is 2.67 bits per heavy atom. The van der Waals surface area contributed by atoms with Gasteiger partial charge in [0, 0.05) is 12.1 Å². The number of amides is 2. The van der Waals surface area contributed by atoms with Gasteiger partial charge >= 0.3 is 12.2 Å². The van der Waals surface area contributed by atoms with Crippen LogP contribution in [0.3, 0.4) is 0 Å². The lowest BCUT2D eigenvalue weighted by Gasteiger charge is -2.23. The van der Waals surface area contributed by atoms with Crippen molar-refractivity contribution in [3.05, 3.63) is 23.2 Å². The smallest absolute Gasteiger partial charge is 0.408 e. The first-order valence-corrected chi connectivity index (χ1v) is 8.57. The number of hydrogen-bond acceptors (Lipinski definition) is 7. The highest BCUT2D eigenvalue weighted by molar-refractivity contribution is 6.31. The number of halogens is 1. The lowest BCUT2D eigenvalue weighted by molar-refractivity contribution is 0.0441. The number of nitrogens with one attached hydrogen (secondary N) is 2. The van der Waals surface area contributed by atoms with E-state index in [4.69, 9.17) is 30.3 Å². The van der Waals surface area contributed by atoms with Gasteiger partial charge < -0.3 is 29.4 Å². The lowest BCUT2D eigenvalue weighted by atomic mass is 10.2. The number of carbonyl (C=O) groups is 2. The van der Waals surface area contributed by atoms with Gasteiger partial charge in [0.05, 0.1) is 5.39 Å². The van der Waals surface area contributed by atoms with E-state index in [1.54, 1.807) is 39.0 Å². The molecule has 2 N–H and O–H groups in total. The summed E-state index contributed by atoms with van der Waals surface area (Å²) in [6.07, 6.45) is -1.30. The average molecular weight is 400 g/mol. The fourth-order valence-corrected chi connectivity index (χ4v) is 2.20. The maximum Gasteiger partial charge on any atom is 0.408 e. The number of carbonyl (C=O) groups excluding carboxylic acids is 2. The van der Waals surface area contributed by atoms with E-state index in [9.17, 15) is 9.59 Å². The second-order valence-corrected chi connectivity index (χ2v) is 7.07. The minimum atomic E-state index is -0.678. The van der Waals surface area contributed by atoms with Crippen molar-refractivity contribution in [2.24, 2.45) is 0 Å². The first-order valence-electron chi connectivity index (χ1n) is 8.19. The molecule has 2 amide bonds. The van der Waals surface area contributed by atoms with E-state index in [1.807, 2.05) is 0 Å². The maximum atomic E-state index is 12.0. The molecule has 2 rings (SSSR count). The van der Waals surface area contributed by atoms with E-state index in [0.29, 0.717) is 16.0 Å². The summed E-state index contributed by atoms with van der Waals surface area (Å²) in [6, 6.07) is 4.31. The molecule has 0 aliphatic rings. The zero-order valence-electron chi connectivity index (χ0n) is 15.5. The highest BCUT2D eigenvalue weighted by Gasteiger charge is 2.22. The van der Waals surface area contributed by atoms with E-state index in [1.165, 1.54) is 7.05 Å². The van der Waals surface area contributed by atoms with Gasteiger partial charge in [-0.05, 0) is 44.1 Å². The van der Waals surface area contributed by atoms with E-state index >= 15 is 0 Å². The standard InChI is InChI=1S/C17H22ClN3O6/c1-17(2,3)26-16(23)20-11(9-25-15(22)19-4)8-24-14-12-7-10(18)5-6-13(12)27-21-14/h5-7,11H,8-9H2,1-4H3,(H,19,22)(H,20,23). The minimum absolute atomic E-state index is 0.0373. The summed E-state index contributed by atoms with van der Waals surface area (Å²) >= 11 is 5.98. The van der Waals surface area contributed by atoms with Crippen molar-refractivity contribution < 1.29 is 28.3 Å². The molecule has 0 spiro atoms. The van der Waals surface area contributed by atoms with Crippen LogP contribution >= 0.6 is 11.6 Å². The van der Waals surface area contributed by atoms with Gasteiger partial charge in [0.15, 0.2) is 5.58 Å². The zero-order chi connectivity index (χ0) is 20.0. The number of nitrogens with zero attached hydrogens (tertiary/aromatic N) is 1. The van der Waals surface area contributed by atoms with Crippen molar-refractivity contribution in [2.75, 3.05) is 20.3 Å². The van der Waals surface area contributed by atoms with Crippen molar-refractivity contribution in [1.29, 1.82) is 0 Å². The molecular formula is C17H22ClN3O6. The fraction of sp³-hybridized carbons (Fsp3) is 0.471. The summed E-state index contributed by atoms with van der Waals surface area (Å²) in [5.41, 5.74) is -0.163. The van der Waals surface area contributed by atoms with Crippen LogP contribution in [0.2, 0.25) is 5.02 Å². The summed E-state index contributed by atoms with van der Waals surface area (Å²) in [6.45, 7) is 5.05. The molecule has 0 bridgehead atoms. The minimum Gasteiger partial charge on any atom is -0.473 e. The predicted octanol–water partition coefficient (Wildman–Crippen LogP) is 3.11. The molecule has 0 fully saturated rings. The molecule has 0 saturated heterocycles. The van der Waals surface area contributed by atoms with Crippen LogP contribution in [0.15, 0.2) is 22.7 Å².